The molecule has 0 fully saturated rings. The van der Waals surface area contributed by atoms with E-state index in [-0.39, 0.29) is 17.2 Å². The highest BCUT2D eigenvalue weighted by Crippen LogP contribution is 2.36. The third kappa shape index (κ3) is 6.41. The largest absolute Gasteiger partial charge is 0.497 e. The molecule has 0 saturated heterocycles. The number of hydrogen-bond donors (Lipinski definition) is 1. The Balaban J connectivity index is 1.73. The SMILES string of the molecule is COCCNC(=O)C[C@H](c1ccc(C(C)(C)C)cc1)c1cn(Cc2ccc(OC)cc2)c2ccccc12. The van der Waals surface area contributed by atoms with Crippen molar-refractivity contribution in [2.45, 2.75) is 45.1 Å². The Morgan fingerprint density at radius 1 is 0.946 bits per heavy atom. The summed E-state index contributed by atoms with van der Waals surface area (Å²) in [6.45, 7) is 8.39. The summed E-state index contributed by atoms with van der Waals surface area (Å²) in [5, 5.41) is 4.18. The molecule has 1 N–H and O–H groups in total. The molecule has 5 heteroatoms. The molecule has 0 unspecified atom stereocenters. The van der Waals surface area contributed by atoms with Crippen molar-refractivity contribution in [1.29, 1.82) is 0 Å². The van der Waals surface area contributed by atoms with Crippen LogP contribution in [0.4, 0.5) is 0 Å². The number of methoxy groups -OCH3 is 2. The quantitative estimate of drug-likeness (QED) is 0.262. The number of ether oxygens (including phenoxy) is 2. The molecule has 4 rings (SSSR count). The van der Waals surface area contributed by atoms with E-state index in [9.17, 15) is 4.79 Å². The van der Waals surface area contributed by atoms with Gasteiger partial charge in [0, 0.05) is 49.6 Å². The fraction of sp³-hybridized carbons (Fsp3) is 0.344. The summed E-state index contributed by atoms with van der Waals surface area (Å²) in [7, 11) is 3.32. The van der Waals surface area contributed by atoms with E-state index in [1.807, 2.05) is 12.1 Å². The van der Waals surface area contributed by atoms with Gasteiger partial charge in [-0.1, -0.05) is 75.4 Å². The van der Waals surface area contributed by atoms with Crippen LogP contribution in [-0.4, -0.2) is 37.8 Å². The van der Waals surface area contributed by atoms with Gasteiger partial charge in [0.15, 0.2) is 0 Å². The van der Waals surface area contributed by atoms with E-state index in [4.69, 9.17) is 9.47 Å². The van der Waals surface area contributed by atoms with Crippen molar-refractivity contribution in [2.24, 2.45) is 0 Å². The highest BCUT2D eigenvalue weighted by atomic mass is 16.5. The van der Waals surface area contributed by atoms with Gasteiger partial charge in [0.25, 0.3) is 0 Å². The number of nitrogens with one attached hydrogen (secondary N) is 1. The van der Waals surface area contributed by atoms with Crippen molar-refractivity contribution in [3.63, 3.8) is 0 Å². The third-order valence-corrected chi connectivity index (χ3v) is 6.90. The highest BCUT2D eigenvalue weighted by molar-refractivity contribution is 5.86. The molecule has 0 aliphatic carbocycles. The summed E-state index contributed by atoms with van der Waals surface area (Å²) >= 11 is 0. The highest BCUT2D eigenvalue weighted by Gasteiger charge is 2.24. The van der Waals surface area contributed by atoms with Crippen LogP contribution in [-0.2, 0) is 21.5 Å². The number of carbonyl (C=O) groups is 1. The molecule has 1 amide bonds. The number of amides is 1. The molecule has 5 nitrogen and oxygen atoms in total. The molecule has 1 heterocycles. The van der Waals surface area contributed by atoms with E-state index in [0.717, 1.165) is 28.9 Å². The molecule has 0 spiro atoms. The van der Waals surface area contributed by atoms with Crippen LogP contribution in [0.3, 0.4) is 0 Å². The Bertz CT molecular complexity index is 1320. The van der Waals surface area contributed by atoms with Gasteiger partial charge in [-0.2, -0.15) is 0 Å². The van der Waals surface area contributed by atoms with Crippen molar-refractivity contribution in [3.05, 3.63) is 101 Å². The Kier molecular flexibility index (Phi) is 8.34. The van der Waals surface area contributed by atoms with Gasteiger partial charge in [-0.25, -0.2) is 0 Å². The molecule has 0 radical (unpaired) electrons. The molecule has 4 aromatic rings. The van der Waals surface area contributed by atoms with E-state index in [1.165, 1.54) is 16.5 Å². The number of nitrogens with zero attached hydrogens (tertiary/aromatic N) is 1. The van der Waals surface area contributed by atoms with Crippen LogP contribution in [0.1, 0.15) is 55.4 Å². The maximum absolute atomic E-state index is 13.0. The Labute approximate surface area is 220 Å². The molecular weight excluding hydrogens is 460 g/mol. The first-order valence-electron chi connectivity index (χ1n) is 12.9. The molecule has 1 aromatic heterocycles. The van der Waals surface area contributed by atoms with Crippen molar-refractivity contribution in [3.8, 4) is 5.75 Å². The third-order valence-electron chi connectivity index (χ3n) is 6.90. The zero-order valence-electron chi connectivity index (χ0n) is 22.6. The van der Waals surface area contributed by atoms with E-state index >= 15 is 0 Å². The number of rotatable bonds is 10. The number of carbonyl (C=O) groups excluding carboxylic acids is 1. The summed E-state index contributed by atoms with van der Waals surface area (Å²) in [5.41, 5.74) is 6.00. The number of benzene rings is 3. The van der Waals surface area contributed by atoms with Gasteiger partial charge in [-0.3, -0.25) is 4.79 Å². The van der Waals surface area contributed by atoms with E-state index in [1.54, 1.807) is 14.2 Å². The predicted octanol–water partition coefficient (Wildman–Crippen LogP) is 6.28. The molecule has 0 bridgehead atoms. The fourth-order valence-corrected chi connectivity index (χ4v) is 4.78. The minimum Gasteiger partial charge on any atom is -0.497 e. The van der Waals surface area contributed by atoms with Crippen molar-refractivity contribution in [2.75, 3.05) is 27.4 Å². The summed E-state index contributed by atoms with van der Waals surface area (Å²) in [6, 6.07) is 25.4. The predicted molar refractivity (Wildman–Crippen MR) is 151 cm³/mol. The number of para-hydroxylation sites is 1. The van der Waals surface area contributed by atoms with Gasteiger partial charge >= 0.3 is 0 Å². The first-order valence-corrected chi connectivity index (χ1v) is 12.9. The number of hydrogen-bond acceptors (Lipinski definition) is 3. The molecule has 3 aromatic carbocycles. The molecule has 0 aliphatic heterocycles. The molecule has 37 heavy (non-hydrogen) atoms. The maximum Gasteiger partial charge on any atom is 0.221 e. The Morgan fingerprint density at radius 2 is 1.65 bits per heavy atom. The second kappa shape index (κ2) is 11.7. The lowest BCUT2D eigenvalue weighted by atomic mass is 9.83. The summed E-state index contributed by atoms with van der Waals surface area (Å²) in [5.74, 6) is 0.799. The summed E-state index contributed by atoms with van der Waals surface area (Å²) in [4.78, 5) is 13.0. The van der Waals surface area contributed by atoms with E-state index in [2.05, 4.69) is 97.5 Å². The maximum atomic E-state index is 13.0. The Morgan fingerprint density at radius 3 is 2.30 bits per heavy atom. The van der Waals surface area contributed by atoms with Crippen LogP contribution in [0, 0.1) is 0 Å². The molecule has 194 valence electrons. The van der Waals surface area contributed by atoms with E-state index in [0.29, 0.717) is 19.6 Å². The van der Waals surface area contributed by atoms with Gasteiger partial charge in [0.05, 0.1) is 13.7 Å². The van der Waals surface area contributed by atoms with Gasteiger partial charge in [0.2, 0.25) is 5.91 Å². The van der Waals surface area contributed by atoms with Gasteiger partial charge < -0.3 is 19.4 Å². The molecule has 1 atom stereocenters. The van der Waals surface area contributed by atoms with Crippen LogP contribution in [0.15, 0.2) is 79.0 Å². The average molecular weight is 499 g/mol. The smallest absolute Gasteiger partial charge is 0.221 e. The fourth-order valence-electron chi connectivity index (χ4n) is 4.78. The second-order valence-corrected chi connectivity index (χ2v) is 10.5. The standard InChI is InChI=1S/C32H38N2O3/c1-32(2,3)25-14-12-24(13-15-25)28(20-31(35)33-18-19-36-4)29-22-34(30-9-7-6-8-27(29)30)21-23-10-16-26(37-5)17-11-23/h6-17,22,28H,18-21H2,1-5H3,(H,33,35)/t28-/m1/s1. The average Bonchev–Trinajstić information content (AvgIpc) is 3.25. The van der Waals surface area contributed by atoms with Crippen LogP contribution < -0.4 is 10.1 Å². The normalized spacial score (nSPS) is 12.5. The first-order chi connectivity index (χ1) is 17.8. The van der Waals surface area contributed by atoms with Crippen LogP contribution >= 0.6 is 0 Å². The van der Waals surface area contributed by atoms with Gasteiger partial charge in [0.1, 0.15) is 5.75 Å². The Hall–Kier alpha value is -3.57. The number of aromatic nitrogens is 1. The lowest BCUT2D eigenvalue weighted by Gasteiger charge is -2.22. The summed E-state index contributed by atoms with van der Waals surface area (Å²) in [6.07, 6.45) is 2.59. The summed E-state index contributed by atoms with van der Waals surface area (Å²) < 4.78 is 12.7. The lowest BCUT2D eigenvalue weighted by molar-refractivity contribution is -0.121. The number of fused-ring (bicyclic) bond motifs is 1. The minimum atomic E-state index is -0.0708. The van der Waals surface area contributed by atoms with Crippen molar-refractivity contribution in [1.82, 2.24) is 9.88 Å². The van der Waals surface area contributed by atoms with Crippen LogP contribution in [0.5, 0.6) is 5.75 Å². The zero-order valence-corrected chi connectivity index (χ0v) is 22.6. The molecule has 0 aliphatic rings. The topological polar surface area (TPSA) is 52.5 Å². The monoisotopic (exact) mass is 498 g/mol. The van der Waals surface area contributed by atoms with Crippen LogP contribution in [0.25, 0.3) is 10.9 Å². The second-order valence-electron chi connectivity index (χ2n) is 10.5. The zero-order chi connectivity index (χ0) is 26.4. The van der Waals surface area contributed by atoms with Crippen LogP contribution in [0.2, 0.25) is 0 Å². The van der Waals surface area contributed by atoms with Gasteiger partial charge in [-0.05, 0) is 45.9 Å². The first kappa shape index (κ1) is 26.5. The van der Waals surface area contributed by atoms with Gasteiger partial charge in [-0.15, -0.1) is 0 Å². The van der Waals surface area contributed by atoms with E-state index < -0.39 is 0 Å². The lowest BCUT2D eigenvalue weighted by Crippen LogP contribution is -2.28. The molecular formula is C32H38N2O3. The molecule has 0 saturated carbocycles. The minimum absolute atomic E-state index is 0.0222. The van der Waals surface area contributed by atoms with Crippen molar-refractivity contribution >= 4 is 16.8 Å². The van der Waals surface area contributed by atoms with Crippen molar-refractivity contribution < 1.29 is 14.3 Å².